The van der Waals surface area contributed by atoms with Crippen molar-refractivity contribution in [3.8, 4) is 0 Å². The van der Waals surface area contributed by atoms with Gasteiger partial charge >= 0.3 is 0 Å². The average Bonchev–Trinajstić information content (AvgIpc) is 2.77. The van der Waals surface area contributed by atoms with Crippen molar-refractivity contribution in [3.05, 3.63) is 0 Å². The van der Waals surface area contributed by atoms with E-state index in [4.69, 9.17) is 0 Å². The molecule has 0 aliphatic rings. The standard InChI is InChI=1S/C28H60N2/c1-7-13-17-19-23-29(24-20-18-14-8-2)30(25-27(11-5)21-15-9-3)26-28(12-6)22-16-10-4/h27-28H,7-26H2,1-6H3. The molecule has 0 aromatic carbocycles. The van der Waals surface area contributed by atoms with E-state index in [0.717, 1.165) is 11.8 Å². The minimum Gasteiger partial charge on any atom is -0.242 e. The van der Waals surface area contributed by atoms with E-state index in [1.807, 2.05) is 0 Å². The van der Waals surface area contributed by atoms with Gasteiger partial charge in [-0.15, -0.1) is 0 Å². The Morgan fingerprint density at radius 3 is 1.17 bits per heavy atom. The van der Waals surface area contributed by atoms with Crippen LogP contribution in [0.2, 0.25) is 0 Å². The van der Waals surface area contributed by atoms with Crippen LogP contribution in [0.4, 0.5) is 0 Å². The van der Waals surface area contributed by atoms with E-state index in [1.165, 1.54) is 129 Å². The lowest BCUT2D eigenvalue weighted by Crippen LogP contribution is -2.48. The molecule has 0 rings (SSSR count). The van der Waals surface area contributed by atoms with E-state index in [2.05, 4.69) is 51.6 Å². The normalized spacial score (nSPS) is 14.0. The van der Waals surface area contributed by atoms with Crippen molar-refractivity contribution in [1.82, 2.24) is 10.0 Å². The molecule has 0 saturated carbocycles. The maximum atomic E-state index is 2.85. The van der Waals surface area contributed by atoms with Gasteiger partial charge in [-0.1, -0.05) is 119 Å². The van der Waals surface area contributed by atoms with Gasteiger partial charge in [0.15, 0.2) is 0 Å². The lowest BCUT2D eigenvalue weighted by molar-refractivity contribution is -0.0532. The summed E-state index contributed by atoms with van der Waals surface area (Å²) in [6.07, 6.45) is 22.0. The van der Waals surface area contributed by atoms with Crippen LogP contribution in [0.5, 0.6) is 0 Å². The second-order valence-electron chi connectivity index (χ2n) is 9.78. The third-order valence-electron chi connectivity index (χ3n) is 6.96. The fraction of sp³-hybridized carbons (Fsp3) is 1.00. The highest BCUT2D eigenvalue weighted by Gasteiger charge is 2.22. The number of hydrazine groups is 1. The fourth-order valence-electron chi connectivity index (χ4n) is 4.57. The zero-order chi connectivity index (χ0) is 22.5. The monoisotopic (exact) mass is 424 g/mol. The molecule has 0 aliphatic heterocycles. The summed E-state index contributed by atoms with van der Waals surface area (Å²) < 4.78 is 0. The number of nitrogens with zero attached hydrogens (tertiary/aromatic N) is 2. The first kappa shape index (κ1) is 29.9. The molecule has 0 heterocycles. The van der Waals surface area contributed by atoms with Crippen molar-refractivity contribution < 1.29 is 0 Å². The lowest BCUT2D eigenvalue weighted by Gasteiger charge is -2.39. The van der Waals surface area contributed by atoms with Crippen molar-refractivity contribution >= 4 is 0 Å². The number of hydrogen-bond acceptors (Lipinski definition) is 2. The average molecular weight is 425 g/mol. The van der Waals surface area contributed by atoms with Crippen LogP contribution < -0.4 is 0 Å². The van der Waals surface area contributed by atoms with Crippen LogP contribution in [0.25, 0.3) is 0 Å². The highest BCUT2D eigenvalue weighted by molar-refractivity contribution is 4.70. The second-order valence-corrected chi connectivity index (χ2v) is 9.78. The van der Waals surface area contributed by atoms with E-state index in [-0.39, 0.29) is 0 Å². The van der Waals surface area contributed by atoms with Crippen molar-refractivity contribution in [3.63, 3.8) is 0 Å². The molecule has 0 N–H and O–H groups in total. The third-order valence-corrected chi connectivity index (χ3v) is 6.96. The highest BCUT2D eigenvalue weighted by Crippen LogP contribution is 2.21. The van der Waals surface area contributed by atoms with Gasteiger partial charge in [-0.05, 0) is 37.5 Å². The zero-order valence-electron chi connectivity index (χ0n) is 22.2. The summed E-state index contributed by atoms with van der Waals surface area (Å²) >= 11 is 0. The predicted molar refractivity (Wildman–Crippen MR) is 138 cm³/mol. The van der Waals surface area contributed by atoms with E-state index >= 15 is 0 Å². The van der Waals surface area contributed by atoms with Crippen LogP contribution in [0.15, 0.2) is 0 Å². The van der Waals surface area contributed by atoms with Crippen molar-refractivity contribution in [2.45, 2.75) is 144 Å². The molecule has 0 amide bonds. The van der Waals surface area contributed by atoms with Crippen LogP contribution in [-0.2, 0) is 0 Å². The molecule has 0 radical (unpaired) electrons. The van der Waals surface area contributed by atoms with E-state index in [0.29, 0.717) is 0 Å². The van der Waals surface area contributed by atoms with E-state index < -0.39 is 0 Å². The van der Waals surface area contributed by atoms with Crippen molar-refractivity contribution in [2.75, 3.05) is 26.2 Å². The molecule has 0 aromatic heterocycles. The second kappa shape index (κ2) is 22.1. The molecule has 0 saturated heterocycles. The Kier molecular flexibility index (Phi) is 22.1. The van der Waals surface area contributed by atoms with Crippen LogP contribution in [0.1, 0.15) is 144 Å². The minimum absolute atomic E-state index is 0.863. The molecule has 182 valence electrons. The first-order valence-corrected chi connectivity index (χ1v) is 14.2. The van der Waals surface area contributed by atoms with Crippen LogP contribution in [0, 0.1) is 11.8 Å². The van der Waals surface area contributed by atoms with Crippen LogP contribution in [-0.4, -0.2) is 36.2 Å². The summed E-state index contributed by atoms with van der Waals surface area (Å²) in [5.41, 5.74) is 0. The third kappa shape index (κ3) is 15.7. The van der Waals surface area contributed by atoms with Crippen LogP contribution >= 0.6 is 0 Å². The van der Waals surface area contributed by atoms with Gasteiger partial charge in [0, 0.05) is 26.2 Å². The van der Waals surface area contributed by atoms with Gasteiger partial charge in [-0.25, -0.2) is 10.0 Å². The Morgan fingerprint density at radius 2 is 0.833 bits per heavy atom. The molecule has 0 fully saturated rings. The van der Waals surface area contributed by atoms with Gasteiger partial charge in [0.1, 0.15) is 0 Å². The van der Waals surface area contributed by atoms with Gasteiger partial charge in [0.2, 0.25) is 0 Å². The molecule has 2 heteroatoms. The fourth-order valence-corrected chi connectivity index (χ4v) is 4.57. The van der Waals surface area contributed by atoms with Gasteiger partial charge < -0.3 is 0 Å². The number of rotatable bonds is 23. The first-order valence-electron chi connectivity index (χ1n) is 14.2. The van der Waals surface area contributed by atoms with Gasteiger partial charge in [-0.3, -0.25) is 0 Å². The summed E-state index contributed by atoms with van der Waals surface area (Å²) in [5.74, 6) is 1.73. The molecule has 0 bridgehead atoms. The summed E-state index contributed by atoms with van der Waals surface area (Å²) in [6.45, 7) is 19.3. The summed E-state index contributed by atoms with van der Waals surface area (Å²) in [7, 11) is 0. The Hall–Kier alpha value is -0.0800. The SMILES string of the molecule is CCCCCCN(CCCCCC)N(CC(CC)CCCC)CC(CC)CCCC. The molecular weight excluding hydrogens is 364 g/mol. The quantitative estimate of drug-likeness (QED) is 0.119. The summed E-state index contributed by atoms with van der Waals surface area (Å²) in [4.78, 5) is 0. The minimum atomic E-state index is 0.863. The summed E-state index contributed by atoms with van der Waals surface area (Å²) in [5, 5.41) is 5.67. The first-order chi connectivity index (χ1) is 14.7. The Bertz CT molecular complexity index is 301. The largest absolute Gasteiger partial charge is 0.242 e. The maximum absolute atomic E-state index is 2.85. The molecule has 0 aromatic rings. The lowest BCUT2D eigenvalue weighted by atomic mass is 9.96. The molecule has 2 nitrogen and oxygen atoms in total. The Labute approximate surface area is 192 Å². The maximum Gasteiger partial charge on any atom is 0.0161 e. The van der Waals surface area contributed by atoms with Gasteiger partial charge in [0.25, 0.3) is 0 Å². The zero-order valence-corrected chi connectivity index (χ0v) is 22.2. The van der Waals surface area contributed by atoms with Crippen molar-refractivity contribution in [2.24, 2.45) is 11.8 Å². The molecule has 0 aliphatic carbocycles. The topological polar surface area (TPSA) is 6.48 Å². The molecule has 0 spiro atoms. The Balaban J connectivity index is 5.20. The molecular formula is C28H60N2. The van der Waals surface area contributed by atoms with Crippen molar-refractivity contribution in [1.29, 1.82) is 0 Å². The highest BCUT2D eigenvalue weighted by atomic mass is 15.6. The smallest absolute Gasteiger partial charge is 0.0161 e. The van der Waals surface area contributed by atoms with E-state index in [1.54, 1.807) is 0 Å². The Morgan fingerprint density at radius 1 is 0.433 bits per heavy atom. The van der Waals surface area contributed by atoms with E-state index in [9.17, 15) is 0 Å². The summed E-state index contributed by atoms with van der Waals surface area (Å²) in [6, 6.07) is 0. The van der Waals surface area contributed by atoms with Crippen LogP contribution in [0.3, 0.4) is 0 Å². The molecule has 2 atom stereocenters. The predicted octanol–water partition coefficient (Wildman–Crippen LogP) is 9.10. The number of unbranched alkanes of at least 4 members (excludes halogenated alkanes) is 8. The van der Waals surface area contributed by atoms with Gasteiger partial charge in [-0.2, -0.15) is 0 Å². The van der Waals surface area contributed by atoms with Gasteiger partial charge in [0.05, 0.1) is 0 Å². The molecule has 2 unspecified atom stereocenters. The molecule has 30 heavy (non-hydrogen) atoms. The number of hydrogen-bond donors (Lipinski definition) is 0.